The number of rotatable bonds is 5. The molecule has 0 aliphatic carbocycles. The maximum absolute atomic E-state index is 12.7. The van der Waals surface area contributed by atoms with Crippen molar-refractivity contribution in [1.29, 1.82) is 0 Å². The smallest absolute Gasteiger partial charge is 0.264 e. The van der Waals surface area contributed by atoms with Crippen LogP contribution in [0.1, 0.15) is 44.9 Å². The molecule has 3 heterocycles. The van der Waals surface area contributed by atoms with Gasteiger partial charge >= 0.3 is 0 Å². The number of carbonyl (C=O) groups is 1. The lowest BCUT2D eigenvalue weighted by Gasteiger charge is -2.33. The fourth-order valence-corrected chi connectivity index (χ4v) is 4.16. The van der Waals surface area contributed by atoms with Gasteiger partial charge in [-0.3, -0.25) is 9.69 Å². The molecule has 3 rings (SSSR count). The summed E-state index contributed by atoms with van der Waals surface area (Å²) in [6.07, 6.45) is 2.17. The number of aryl methyl sites for hydroxylation is 3. The van der Waals surface area contributed by atoms with E-state index in [0.717, 1.165) is 61.9 Å². The molecular formula is C18H25N3O2S. The molecule has 0 unspecified atom stereocenters. The van der Waals surface area contributed by atoms with E-state index in [9.17, 15) is 4.79 Å². The molecular weight excluding hydrogens is 322 g/mol. The highest BCUT2D eigenvalue weighted by Gasteiger charge is 2.24. The van der Waals surface area contributed by atoms with Gasteiger partial charge in [-0.2, -0.15) is 0 Å². The molecule has 2 aromatic rings. The summed E-state index contributed by atoms with van der Waals surface area (Å²) >= 11 is 1.63. The van der Waals surface area contributed by atoms with Gasteiger partial charge in [0.25, 0.3) is 5.91 Å². The minimum atomic E-state index is 0.181. The molecule has 1 aliphatic rings. The topological polar surface area (TPSA) is 49.6 Å². The van der Waals surface area contributed by atoms with Gasteiger partial charge in [0, 0.05) is 37.1 Å². The zero-order valence-corrected chi connectivity index (χ0v) is 15.5. The second-order valence-electron chi connectivity index (χ2n) is 6.45. The number of amides is 1. The third kappa shape index (κ3) is 3.87. The van der Waals surface area contributed by atoms with E-state index < -0.39 is 0 Å². The van der Waals surface area contributed by atoms with Gasteiger partial charge in [-0.15, -0.1) is 11.3 Å². The van der Waals surface area contributed by atoms with E-state index in [1.54, 1.807) is 11.3 Å². The number of hydrogen-bond acceptors (Lipinski definition) is 5. The predicted octanol–water partition coefficient (Wildman–Crippen LogP) is 3.26. The number of thiophene rings is 1. The first kappa shape index (κ1) is 17.2. The largest absolute Gasteiger partial charge is 0.360 e. The lowest BCUT2D eigenvalue weighted by Crippen LogP contribution is -2.48. The molecule has 0 spiro atoms. The van der Waals surface area contributed by atoms with Crippen LogP contribution in [0, 0.1) is 13.8 Å². The summed E-state index contributed by atoms with van der Waals surface area (Å²) in [4.78, 5) is 19.2. The van der Waals surface area contributed by atoms with E-state index >= 15 is 0 Å². The molecule has 5 nitrogen and oxygen atoms in total. The molecule has 1 saturated heterocycles. The van der Waals surface area contributed by atoms with Crippen molar-refractivity contribution in [2.75, 3.05) is 26.2 Å². The van der Waals surface area contributed by atoms with Gasteiger partial charge in [0.05, 0.1) is 17.1 Å². The Balaban J connectivity index is 1.56. The Labute approximate surface area is 147 Å². The first-order valence-corrected chi connectivity index (χ1v) is 9.41. The lowest BCUT2D eigenvalue weighted by molar-refractivity contribution is 0.0622. The molecule has 0 N–H and O–H groups in total. The summed E-state index contributed by atoms with van der Waals surface area (Å²) in [5, 5.41) is 3.93. The molecule has 6 heteroatoms. The van der Waals surface area contributed by atoms with Crippen LogP contribution in [-0.2, 0) is 13.0 Å². The Morgan fingerprint density at radius 1 is 1.25 bits per heavy atom. The first-order chi connectivity index (χ1) is 11.6. The number of piperazine rings is 1. The van der Waals surface area contributed by atoms with E-state index in [0.29, 0.717) is 0 Å². The molecule has 2 aromatic heterocycles. The van der Waals surface area contributed by atoms with Crippen molar-refractivity contribution >= 4 is 17.2 Å². The Morgan fingerprint density at radius 2 is 2.00 bits per heavy atom. The summed E-state index contributed by atoms with van der Waals surface area (Å²) < 4.78 is 5.28. The summed E-state index contributed by atoms with van der Waals surface area (Å²) in [7, 11) is 0. The van der Waals surface area contributed by atoms with E-state index in [2.05, 4.69) is 30.0 Å². The third-order valence-corrected chi connectivity index (χ3v) is 5.55. The number of aromatic nitrogens is 1. The van der Waals surface area contributed by atoms with E-state index in [1.807, 2.05) is 17.9 Å². The lowest BCUT2D eigenvalue weighted by atomic mass is 10.1. The van der Waals surface area contributed by atoms with Crippen LogP contribution in [0.4, 0.5) is 0 Å². The maximum Gasteiger partial charge on any atom is 0.264 e. The molecule has 24 heavy (non-hydrogen) atoms. The normalized spacial score (nSPS) is 15.9. The highest BCUT2D eigenvalue weighted by Crippen LogP contribution is 2.24. The van der Waals surface area contributed by atoms with Gasteiger partial charge in [0.15, 0.2) is 5.76 Å². The quantitative estimate of drug-likeness (QED) is 0.833. The molecule has 1 amide bonds. The van der Waals surface area contributed by atoms with Crippen LogP contribution in [0.3, 0.4) is 0 Å². The molecule has 0 atom stereocenters. The molecule has 130 valence electrons. The molecule has 0 bridgehead atoms. The second-order valence-corrected chi connectivity index (χ2v) is 7.70. The molecule has 1 aliphatic heterocycles. The van der Waals surface area contributed by atoms with Crippen LogP contribution < -0.4 is 0 Å². The Kier molecular flexibility index (Phi) is 5.36. The van der Waals surface area contributed by atoms with Gasteiger partial charge in [0.1, 0.15) is 0 Å². The average Bonchev–Trinajstić information content (AvgIpc) is 3.14. The van der Waals surface area contributed by atoms with Crippen molar-refractivity contribution in [2.24, 2.45) is 0 Å². The van der Waals surface area contributed by atoms with Gasteiger partial charge in [-0.05, 0) is 31.9 Å². The van der Waals surface area contributed by atoms with Gasteiger partial charge < -0.3 is 9.42 Å². The zero-order chi connectivity index (χ0) is 17.1. The minimum Gasteiger partial charge on any atom is -0.360 e. The fraction of sp³-hybridized carbons (Fsp3) is 0.556. The zero-order valence-electron chi connectivity index (χ0n) is 14.7. The summed E-state index contributed by atoms with van der Waals surface area (Å²) in [5.41, 5.74) is 2.24. The standard InChI is InChI=1S/C18H25N3O2S/c1-4-5-15-11-17(24-14(15)3)18(22)21-8-6-20(7-9-21)12-16-10-13(2)19-23-16/h10-11H,4-9,12H2,1-3H3. The molecule has 0 saturated carbocycles. The Morgan fingerprint density at radius 3 is 2.62 bits per heavy atom. The Bertz CT molecular complexity index is 699. The monoisotopic (exact) mass is 347 g/mol. The van der Waals surface area contributed by atoms with Crippen LogP contribution in [0.15, 0.2) is 16.7 Å². The van der Waals surface area contributed by atoms with Gasteiger partial charge in [0.2, 0.25) is 0 Å². The molecule has 0 radical (unpaired) electrons. The van der Waals surface area contributed by atoms with E-state index in [1.165, 1.54) is 10.4 Å². The minimum absolute atomic E-state index is 0.181. The van der Waals surface area contributed by atoms with Crippen molar-refractivity contribution in [2.45, 2.75) is 40.2 Å². The summed E-state index contributed by atoms with van der Waals surface area (Å²) in [6, 6.07) is 4.07. The van der Waals surface area contributed by atoms with Crippen LogP contribution in [0.25, 0.3) is 0 Å². The highest BCUT2D eigenvalue weighted by atomic mass is 32.1. The van der Waals surface area contributed by atoms with Gasteiger partial charge in [-0.1, -0.05) is 18.5 Å². The van der Waals surface area contributed by atoms with Crippen LogP contribution in [0.2, 0.25) is 0 Å². The van der Waals surface area contributed by atoms with Crippen molar-refractivity contribution in [1.82, 2.24) is 15.0 Å². The molecule has 0 aromatic carbocycles. The fourth-order valence-electron chi connectivity index (χ4n) is 3.12. The van der Waals surface area contributed by atoms with Crippen LogP contribution >= 0.6 is 11.3 Å². The van der Waals surface area contributed by atoms with Crippen LogP contribution in [0.5, 0.6) is 0 Å². The van der Waals surface area contributed by atoms with Crippen molar-refractivity contribution in [3.8, 4) is 0 Å². The van der Waals surface area contributed by atoms with Gasteiger partial charge in [-0.25, -0.2) is 0 Å². The number of nitrogens with zero attached hydrogens (tertiary/aromatic N) is 3. The first-order valence-electron chi connectivity index (χ1n) is 8.60. The Hall–Kier alpha value is -1.66. The number of carbonyl (C=O) groups excluding carboxylic acids is 1. The summed E-state index contributed by atoms with van der Waals surface area (Å²) in [6.45, 7) is 10.3. The maximum atomic E-state index is 12.7. The third-order valence-electron chi connectivity index (χ3n) is 4.47. The van der Waals surface area contributed by atoms with Crippen molar-refractivity contribution < 1.29 is 9.32 Å². The molecule has 1 fully saturated rings. The average molecular weight is 347 g/mol. The van der Waals surface area contributed by atoms with Crippen molar-refractivity contribution in [3.05, 3.63) is 38.9 Å². The van der Waals surface area contributed by atoms with Crippen molar-refractivity contribution in [3.63, 3.8) is 0 Å². The SMILES string of the molecule is CCCc1cc(C(=O)N2CCN(Cc3cc(C)no3)CC2)sc1C. The second kappa shape index (κ2) is 7.49. The van der Waals surface area contributed by atoms with E-state index in [-0.39, 0.29) is 5.91 Å². The van der Waals surface area contributed by atoms with E-state index in [4.69, 9.17) is 4.52 Å². The summed E-state index contributed by atoms with van der Waals surface area (Å²) in [5.74, 6) is 1.07. The predicted molar refractivity (Wildman–Crippen MR) is 95.5 cm³/mol. The number of hydrogen-bond donors (Lipinski definition) is 0. The van der Waals surface area contributed by atoms with Crippen LogP contribution in [-0.4, -0.2) is 47.0 Å². The highest BCUT2D eigenvalue weighted by molar-refractivity contribution is 7.14.